The van der Waals surface area contributed by atoms with E-state index in [1.54, 1.807) is 0 Å². The lowest BCUT2D eigenvalue weighted by Gasteiger charge is -2.30. The lowest BCUT2D eigenvalue weighted by molar-refractivity contribution is 0.177. The predicted molar refractivity (Wildman–Crippen MR) is 79.1 cm³/mol. The number of benzene rings is 1. The van der Waals surface area contributed by atoms with Crippen LogP contribution in [0.1, 0.15) is 26.2 Å². The molecule has 18 heavy (non-hydrogen) atoms. The Morgan fingerprint density at radius 1 is 1.28 bits per heavy atom. The van der Waals surface area contributed by atoms with Crippen molar-refractivity contribution in [2.24, 2.45) is 5.92 Å². The lowest BCUT2D eigenvalue weighted by atomic mass is 9.99. The molecule has 0 amide bonds. The maximum absolute atomic E-state index is 5.78. The monoisotopic (exact) mass is 311 g/mol. The number of likely N-dealkylation sites (tertiary alicyclic amines) is 1. The summed E-state index contributed by atoms with van der Waals surface area (Å²) in [6.07, 6.45) is 3.81. The van der Waals surface area contributed by atoms with Gasteiger partial charge in [-0.15, -0.1) is 0 Å². The lowest BCUT2D eigenvalue weighted by Crippen LogP contribution is -2.34. The van der Waals surface area contributed by atoms with Crippen molar-refractivity contribution in [3.8, 4) is 5.75 Å². The second-order valence-corrected chi connectivity index (χ2v) is 6.01. The van der Waals surface area contributed by atoms with Crippen molar-refractivity contribution in [2.45, 2.75) is 26.2 Å². The molecule has 3 heteroatoms. The Morgan fingerprint density at radius 3 is 2.72 bits per heavy atom. The third kappa shape index (κ3) is 4.29. The average molecular weight is 312 g/mol. The zero-order valence-corrected chi connectivity index (χ0v) is 12.7. The highest BCUT2D eigenvalue weighted by Gasteiger charge is 2.14. The van der Waals surface area contributed by atoms with Crippen LogP contribution in [0, 0.1) is 5.92 Å². The van der Waals surface area contributed by atoms with Gasteiger partial charge in [-0.3, -0.25) is 0 Å². The average Bonchev–Trinajstić information content (AvgIpc) is 2.39. The van der Waals surface area contributed by atoms with Gasteiger partial charge in [0.2, 0.25) is 0 Å². The summed E-state index contributed by atoms with van der Waals surface area (Å²) in [4.78, 5) is 2.56. The highest BCUT2D eigenvalue weighted by Crippen LogP contribution is 2.23. The van der Waals surface area contributed by atoms with Crippen LogP contribution in [0.3, 0.4) is 0 Å². The molecule has 1 aliphatic rings. The van der Waals surface area contributed by atoms with Gasteiger partial charge in [-0.25, -0.2) is 0 Å². The largest absolute Gasteiger partial charge is 0.492 e. The molecule has 1 aliphatic heterocycles. The molecule has 0 bridgehead atoms. The maximum Gasteiger partial charge on any atom is 0.133 e. The normalized spacial score (nSPS) is 17.9. The van der Waals surface area contributed by atoms with Crippen LogP contribution < -0.4 is 4.74 Å². The quantitative estimate of drug-likeness (QED) is 0.763. The van der Waals surface area contributed by atoms with Gasteiger partial charge in [0.05, 0.1) is 11.1 Å². The molecule has 1 heterocycles. The maximum atomic E-state index is 5.78. The van der Waals surface area contributed by atoms with Crippen LogP contribution in [-0.4, -0.2) is 31.1 Å². The summed E-state index contributed by atoms with van der Waals surface area (Å²) >= 11 is 3.50. The van der Waals surface area contributed by atoms with E-state index in [9.17, 15) is 0 Å². The molecule has 0 spiro atoms. The molecule has 2 nitrogen and oxygen atoms in total. The van der Waals surface area contributed by atoms with Crippen molar-refractivity contribution >= 4 is 15.9 Å². The van der Waals surface area contributed by atoms with Gasteiger partial charge in [-0.05, 0) is 66.3 Å². The van der Waals surface area contributed by atoms with E-state index < -0.39 is 0 Å². The smallest absolute Gasteiger partial charge is 0.133 e. The second-order valence-electron chi connectivity index (χ2n) is 5.16. The molecule has 0 atom stereocenters. The summed E-state index contributed by atoms with van der Waals surface area (Å²) in [7, 11) is 0. The van der Waals surface area contributed by atoms with E-state index in [0.29, 0.717) is 0 Å². The minimum Gasteiger partial charge on any atom is -0.492 e. The van der Waals surface area contributed by atoms with Crippen molar-refractivity contribution < 1.29 is 4.74 Å². The van der Waals surface area contributed by atoms with E-state index in [1.807, 2.05) is 24.3 Å². The Labute approximate surface area is 118 Å². The number of para-hydroxylation sites is 1. The van der Waals surface area contributed by atoms with Gasteiger partial charge in [-0.1, -0.05) is 19.1 Å². The van der Waals surface area contributed by atoms with E-state index in [1.165, 1.54) is 25.9 Å². The number of hydrogen-bond acceptors (Lipinski definition) is 2. The van der Waals surface area contributed by atoms with E-state index in [-0.39, 0.29) is 0 Å². The zero-order valence-electron chi connectivity index (χ0n) is 11.1. The van der Waals surface area contributed by atoms with Crippen molar-refractivity contribution in [3.63, 3.8) is 0 Å². The topological polar surface area (TPSA) is 12.5 Å². The summed E-state index contributed by atoms with van der Waals surface area (Å²) in [6.45, 7) is 6.84. The highest BCUT2D eigenvalue weighted by molar-refractivity contribution is 9.10. The van der Waals surface area contributed by atoms with Crippen LogP contribution in [0.4, 0.5) is 0 Å². The Balaban J connectivity index is 1.63. The third-order valence-electron chi connectivity index (χ3n) is 3.59. The molecule has 0 unspecified atom stereocenters. The summed E-state index contributed by atoms with van der Waals surface area (Å²) < 4.78 is 6.81. The molecule has 1 fully saturated rings. The van der Waals surface area contributed by atoms with E-state index >= 15 is 0 Å². The van der Waals surface area contributed by atoms with Crippen molar-refractivity contribution in [1.82, 2.24) is 4.90 Å². The number of halogens is 1. The molecule has 0 radical (unpaired) electrons. The van der Waals surface area contributed by atoms with Crippen molar-refractivity contribution in [3.05, 3.63) is 28.7 Å². The first-order valence-electron chi connectivity index (χ1n) is 6.85. The van der Waals surface area contributed by atoms with Crippen LogP contribution in [0.5, 0.6) is 5.75 Å². The van der Waals surface area contributed by atoms with Crippen LogP contribution in [0.25, 0.3) is 0 Å². The van der Waals surface area contributed by atoms with Crippen LogP contribution in [-0.2, 0) is 0 Å². The van der Waals surface area contributed by atoms with E-state index in [2.05, 4.69) is 27.8 Å². The number of piperidine rings is 1. The van der Waals surface area contributed by atoms with Crippen LogP contribution in [0.2, 0.25) is 0 Å². The fraction of sp³-hybridized carbons (Fsp3) is 0.600. The summed E-state index contributed by atoms with van der Waals surface area (Å²) in [5, 5.41) is 0. The first-order valence-corrected chi connectivity index (χ1v) is 7.64. The first-order chi connectivity index (χ1) is 8.75. The Morgan fingerprint density at radius 2 is 2.00 bits per heavy atom. The number of ether oxygens (including phenoxy) is 1. The first kappa shape index (κ1) is 13.9. The second kappa shape index (κ2) is 7.15. The molecule has 1 saturated heterocycles. The molecule has 0 aromatic heterocycles. The molecule has 1 aromatic rings. The fourth-order valence-corrected chi connectivity index (χ4v) is 2.72. The Bertz CT molecular complexity index is 361. The summed E-state index contributed by atoms with van der Waals surface area (Å²) in [5.74, 6) is 1.86. The Kier molecular flexibility index (Phi) is 5.51. The summed E-state index contributed by atoms with van der Waals surface area (Å²) in [5.41, 5.74) is 0. The van der Waals surface area contributed by atoms with Crippen molar-refractivity contribution in [2.75, 3.05) is 26.2 Å². The molecule has 0 saturated carbocycles. The van der Waals surface area contributed by atoms with Crippen LogP contribution >= 0.6 is 15.9 Å². The zero-order chi connectivity index (χ0) is 12.8. The van der Waals surface area contributed by atoms with E-state index in [0.717, 1.165) is 35.7 Å². The van der Waals surface area contributed by atoms with Gasteiger partial charge in [-0.2, -0.15) is 0 Å². The standard InChI is InChI=1S/C15H22BrNO/c1-13-7-10-17(11-8-13)9-4-12-18-15-6-3-2-5-14(15)16/h2-3,5-6,13H,4,7-12H2,1H3. The SMILES string of the molecule is CC1CCN(CCCOc2ccccc2Br)CC1. The molecular weight excluding hydrogens is 290 g/mol. The van der Waals surface area contributed by atoms with Crippen molar-refractivity contribution in [1.29, 1.82) is 0 Å². The summed E-state index contributed by atoms with van der Waals surface area (Å²) in [6, 6.07) is 8.03. The predicted octanol–water partition coefficient (Wildman–Crippen LogP) is 3.95. The van der Waals surface area contributed by atoms with E-state index in [4.69, 9.17) is 4.74 Å². The minimum absolute atomic E-state index is 0.800. The number of rotatable bonds is 5. The number of hydrogen-bond donors (Lipinski definition) is 0. The highest BCUT2D eigenvalue weighted by atomic mass is 79.9. The van der Waals surface area contributed by atoms with Gasteiger partial charge < -0.3 is 9.64 Å². The number of nitrogens with zero attached hydrogens (tertiary/aromatic N) is 1. The van der Waals surface area contributed by atoms with Gasteiger partial charge in [0.25, 0.3) is 0 Å². The van der Waals surface area contributed by atoms with Gasteiger partial charge >= 0.3 is 0 Å². The molecule has 0 N–H and O–H groups in total. The molecule has 100 valence electrons. The molecule has 1 aromatic carbocycles. The van der Waals surface area contributed by atoms with Gasteiger partial charge in [0.15, 0.2) is 0 Å². The fourth-order valence-electron chi connectivity index (χ4n) is 2.32. The third-order valence-corrected chi connectivity index (χ3v) is 4.24. The molecule has 0 aliphatic carbocycles. The molecule has 2 rings (SSSR count). The Hall–Kier alpha value is -0.540. The van der Waals surface area contributed by atoms with Gasteiger partial charge in [0, 0.05) is 6.54 Å². The molecular formula is C15H22BrNO. The van der Waals surface area contributed by atoms with Crippen LogP contribution in [0.15, 0.2) is 28.7 Å². The minimum atomic E-state index is 0.800. The van der Waals surface area contributed by atoms with Gasteiger partial charge in [0.1, 0.15) is 5.75 Å².